The van der Waals surface area contributed by atoms with Gasteiger partial charge in [-0.15, -0.1) is 11.3 Å². The van der Waals surface area contributed by atoms with Crippen molar-refractivity contribution < 1.29 is 46.8 Å². The Morgan fingerprint density at radius 3 is 2.56 bits per heavy atom. The molecule has 2 aliphatic heterocycles. The molecule has 1 saturated heterocycles. The zero-order valence-electron chi connectivity index (χ0n) is 37.2. The van der Waals surface area contributed by atoms with Gasteiger partial charge in [0.1, 0.15) is 46.1 Å². The molecule has 2 saturated carbocycles. The van der Waals surface area contributed by atoms with Gasteiger partial charge < -0.3 is 29.3 Å². The average molecular weight is 988 g/mol. The van der Waals surface area contributed by atoms with Crippen LogP contribution in [0.5, 0.6) is 11.5 Å². The summed E-state index contributed by atoms with van der Waals surface area (Å²) in [4.78, 5) is 66.5. The molecule has 1 unspecified atom stereocenters. The van der Waals surface area contributed by atoms with Crippen LogP contribution in [-0.4, -0.2) is 80.5 Å². The number of carbonyl (C=O) groups excluding carboxylic acids is 3. The summed E-state index contributed by atoms with van der Waals surface area (Å²) in [6, 6.07) is 6.21. The Labute approximate surface area is 397 Å². The predicted molar refractivity (Wildman–Crippen MR) is 252 cm³/mol. The predicted octanol–water partition coefficient (Wildman–Crippen LogP) is 11.3. The molecular weight excluding hydrogens is 932 g/mol. The highest BCUT2D eigenvalue weighted by molar-refractivity contribution is 7.59. The molecule has 2 aromatic heterocycles. The van der Waals surface area contributed by atoms with Crippen molar-refractivity contribution in [3.63, 3.8) is 0 Å². The maximum Gasteiger partial charge on any atom is 0.306 e. The lowest BCUT2D eigenvalue weighted by Gasteiger charge is -2.30. The minimum atomic E-state index is -4.57. The molecule has 8 rings (SSSR count). The van der Waals surface area contributed by atoms with Crippen molar-refractivity contribution in [2.75, 3.05) is 19.0 Å². The molecule has 0 bridgehead atoms. The van der Waals surface area contributed by atoms with Crippen LogP contribution in [0.3, 0.4) is 0 Å². The smallest absolute Gasteiger partial charge is 0.306 e. The largest absolute Gasteiger partial charge is 0.495 e. The number of esters is 1. The first-order valence-corrected chi connectivity index (χ1v) is 26.3. The molecular formula is C48H55Cl2F2N4O8PS. The number of nitrogens with zero attached hydrogens (tertiary/aromatic N) is 3. The Bertz CT molecular complexity index is 2570. The van der Waals surface area contributed by atoms with E-state index in [4.69, 9.17) is 47.4 Å². The summed E-state index contributed by atoms with van der Waals surface area (Å²) in [7, 11) is -3.06. The Morgan fingerprint density at radius 1 is 1.03 bits per heavy atom. The first kappa shape index (κ1) is 48.3. The third-order valence-electron chi connectivity index (χ3n) is 13.4. The minimum Gasteiger partial charge on any atom is -0.495 e. The number of benzene rings is 2. The number of rotatable bonds is 12. The van der Waals surface area contributed by atoms with E-state index in [-0.39, 0.29) is 43.0 Å². The van der Waals surface area contributed by atoms with Crippen molar-refractivity contribution in [3.8, 4) is 22.9 Å². The molecule has 2 aromatic carbocycles. The number of hydrogen-bond donors (Lipinski definition) is 2. The van der Waals surface area contributed by atoms with Gasteiger partial charge in [-0.2, -0.15) is 0 Å². The third-order valence-corrected chi connectivity index (χ3v) is 17.6. The number of anilines is 1. The number of fused-ring (bicyclic) bond motifs is 3. The number of allylic oxidation sites excluding steroid dienone is 2. The lowest BCUT2D eigenvalue weighted by atomic mass is 9.94. The number of Topliss-reactive ketones (excluding diaryl/α,β-unsaturated/α-hetero) is 1. The summed E-state index contributed by atoms with van der Waals surface area (Å²) >= 11 is 14.3. The zero-order valence-corrected chi connectivity index (χ0v) is 40.4. The molecule has 354 valence electrons. The molecule has 4 heterocycles. The van der Waals surface area contributed by atoms with E-state index in [9.17, 15) is 23.8 Å². The molecule has 3 fully saturated rings. The molecule has 2 N–H and O–H groups in total. The van der Waals surface area contributed by atoms with Crippen molar-refractivity contribution in [1.82, 2.24) is 14.9 Å². The standard InChI is InChI=1S/C48H55Cl2F2N4O8PS/c1-27(2)53-47-55-37(26-66-47)36-21-41(32-15-18-40(62-3)43(50)45(32)54-36)63-31-20-38-39(57)23-48(65(60,61)25-33-35(51)17-16-34(49)44(33)52)22-29(48)12-8-6-4-5-7-11-28(46(59)56(38)24-31)19-42(58)64-30-13-9-10-14-30/h8,12,15-18,21,26-31,38H,4-7,9-11,13-14,19-20,22-25H2,1-3H3,(H,53,55)(H,60,61)/b12-8-/t28-,29+,31-,38+,48-/m1/s1. The van der Waals surface area contributed by atoms with Gasteiger partial charge in [-0.3, -0.25) is 18.9 Å². The van der Waals surface area contributed by atoms with Crippen molar-refractivity contribution >= 4 is 75.6 Å². The van der Waals surface area contributed by atoms with Gasteiger partial charge in [0.2, 0.25) is 13.3 Å². The highest BCUT2D eigenvalue weighted by Crippen LogP contribution is 2.74. The van der Waals surface area contributed by atoms with E-state index in [1.165, 1.54) is 23.3 Å². The topological polar surface area (TPSA) is 157 Å². The number of halogens is 4. The van der Waals surface area contributed by atoms with Crippen LogP contribution in [0.15, 0.2) is 47.9 Å². The highest BCUT2D eigenvalue weighted by atomic mass is 35.5. The van der Waals surface area contributed by atoms with Crippen LogP contribution in [0.4, 0.5) is 13.9 Å². The molecule has 4 aromatic rings. The molecule has 1 amide bonds. The number of nitrogens with one attached hydrogen (secondary N) is 1. The second-order valence-electron chi connectivity index (χ2n) is 18.4. The van der Waals surface area contributed by atoms with Crippen LogP contribution in [0.25, 0.3) is 22.3 Å². The van der Waals surface area contributed by atoms with Crippen LogP contribution in [0.2, 0.25) is 10.0 Å². The second kappa shape index (κ2) is 20.2. The zero-order chi connectivity index (χ0) is 46.9. The summed E-state index contributed by atoms with van der Waals surface area (Å²) in [5.74, 6) is -4.08. The van der Waals surface area contributed by atoms with Gasteiger partial charge in [-0.05, 0) is 95.4 Å². The van der Waals surface area contributed by atoms with E-state index in [1.54, 1.807) is 18.2 Å². The number of thiazole rings is 1. The van der Waals surface area contributed by atoms with E-state index in [1.807, 2.05) is 31.4 Å². The Morgan fingerprint density at radius 2 is 1.80 bits per heavy atom. The monoisotopic (exact) mass is 986 g/mol. The first-order chi connectivity index (χ1) is 31.6. The summed E-state index contributed by atoms with van der Waals surface area (Å²) < 4.78 is 63.2. The molecule has 0 radical (unpaired) electrons. The highest BCUT2D eigenvalue weighted by Gasteiger charge is 2.65. The van der Waals surface area contributed by atoms with E-state index < -0.39 is 89.0 Å². The van der Waals surface area contributed by atoms with Crippen LogP contribution in [0.1, 0.15) is 103 Å². The maximum absolute atomic E-state index is 15.3. The van der Waals surface area contributed by atoms with Gasteiger partial charge in [-0.1, -0.05) is 48.2 Å². The van der Waals surface area contributed by atoms with E-state index in [2.05, 4.69) is 5.32 Å². The summed E-state index contributed by atoms with van der Waals surface area (Å²) in [5.41, 5.74) is 0.792. The van der Waals surface area contributed by atoms with Crippen molar-refractivity contribution in [3.05, 3.63) is 75.1 Å². The van der Waals surface area contributed by atoms with Crippen LogP contribution < -0.4 is 14.8 Å². The quantitative estimate of drug-likeness (QED) is 0.0602. The van der Waals surface area contributed by atoms with Crippen molar-refractivity contribution in [1.29, 1.82) is 0 Å². The van der Waals surface area contributed by atoms with Gasteiger partial charge >= 0.3 is 5.97 Å². The van der Waals surface area contributed by atoms with Gasteiger partial charge in [0.05, 0.1) is 53.7 Å². The van der Waals surface area contributed by atoms with E-state index in [0.29, 0.717) is 58.2 Å². The SMILES string of the molecule is COc1ccc2c(O[C@@H]3C[C@H]4C(=O)C[C@]5(P(=O)(O)Cc6c(F)ccc(Cl)c6F)C[C@@H]5/C=C\CCCCC[C@H](CC(=O)OC5CCCC5)C(=O)N4C3)cc(-c3csc(NC(C)C)n3)nc2c1Cl. The molecule has 2 aliphatic carbocycles. The Balaban J connectivity index is 1.15. The number of pyridine rings is 1. The van der Waals surface area contributed by atoms with Crippen molar-refractivity contribution in [2.24, 2.45) is 11.8 Å². The van der Waals surface area contributed by atoms with Gasteiger partial charge in [-0.25, -0.2) is 18.7 Å². The van der Waals surface area contributed by atoms with E-state index in [0.717, 1.165) is 50.7 Å². The number of ketones is 1. The molecule has 66 heavy (non-hydrogen) atoms. The third kappa shape index (κ3) is 10.3. The van der Waals surface area contributed by atoms with Gasteiger partial charge in [0.25, 0.3) is 0 Å². The van der Waals surface area contributed by atoms with Crippen LogP contribution >= 0.6 is 41.9 Å². The summed E-state index contributed by atoms with van der Waals surface area (Å²) in [6.45, 7) is 3.97. The van der Waals surface area contributed by atoms with Crippen molar-refractivity contribution in [2.45, 2.75) is 133 Å². The summed E-state index contributed by atoms with van der Waals surface area (Å²) in [5, 5.41) is 4.72. The van der Waals surface area contributed by atoms with Gasteiger partial charge in [0, 0.05) is 47.2 Å². The molecule has 6 atom stereocenters. The lowest BCUT2D eigenvalue weighted by Crippen LogP contribution is -2.45. The lowest BCUT2D eigenvalue weighted by molar-refractivity contribution is -0.154. The maximum atomic E-state index is 15.3. The van der Waals surface area contributed by atoms with Crippen LogP contribution in [-0.2, 0) is 29.8 Å². The van der Waals surface area contributed by atoms with Gasteiger partial charge in [0.15, 0.2) is 10.9 Å². The number of aromatic nitrogens is 2. The molecule has 4 aliphatic rings. The summed E-state index contributed by atoms with van der Waals surface area (Å²) in [6.07, 6.45) is 8.12. The number of amides is 1. The van der Waals surface area contributed by atoms with Crippen LogP contribution in [0, 0.1) is 23.5 Å². The normalized spacial score (nSPS) is 25.4. The number of methoxy groups -OCH3 is 1. The number of ether oxygens (including phenoxy) is 3. The fraction of sp³-hybridized carbons (Fsp3) is 0.521. The molecule has 0 spiro atoms. The second-order valence-corrected chi connectivity index (χ2v) is 22.7. The molecule has 18 heteroatoms. The fourth-order valence-corrected chi connectivity index (χ4v) is 13.6. The molecule has 12 nitrogen and oxygen atoms in total. The minimum absolute atomic E-state index is 0.00980. The number of carbonyl (C=O) groups is 3. The fourth-order valence-electron chi connectivity index (χ4n) is 9.79. The first-order valence-electron chi connectivity index (χ1n) is 22.8. The Kier molecular flexibility index (Phi) is 14.8. The van der Waals surface area contributed by atoms with E-state index >= 15 is 8.78 Å². The number of hydrogen-bond acceptors (Lipinski definition) is 11. The Hall–Kier alpha value is -4.14. The average Bonchev–Trinajstić information content (AvgIpc) is 3.69.